The number of anilines is 1. The number of hydrogen-bond donors (Lipinski definition) is 0. The number of fused-ring (bicyclic) bond motifs is 1. The Morgan fingerprint density at radius 3 is 2.63 bits per heavy atom. The lowest BCUT2D eigenvalue weighted by atomic mass is 10.3. The van der Waals surface area contributed by atoms with Gasteiger partial charge in [-0.1, -0.05) is 35.7 Å². The van der Waals surface area contributed by atoms with E-state index in [0.29, 0.717) is 6.54 Å². The summed E-state index contributed by atoms with van der Waals surface area (Å²) in [7, 11) is 2.05. The number of carboxylic acid groups (broad SMARTS) is 1. The normalized spacial score (nSPS) is 17.9. The lowest BCUT2D eigenvalue weighted by molar-refractivity contribution is -0.512. The molecule has 160 valence electrons. The number of aliphatic carboxylic acids is 1. The number of thioether (sulfide) groups is 2. The molecule has 0 saturated carbocycles. The molecule has 4 rings (SSSR count). The monoisotopic (exact) mass is 463 g/mol. The lowest BCUT2D eigenvalue weighted by Gasteiger charge is -2.11. The number of carbonyl (C=O) groups excluding carboxylic acids is 1. The van der Waals surface area contributed by atoms with Gasteiger partial charge in [0.15, 0.2) is 6.54 Å². The summed E-state index contributed by atoms with van der Waals surface area (Å²) in [4.78, 5) is 25.3. The standard InChI is InChI=1S/C19H22N3OS3.C2H4O2/c1-4-21-10-11-24-15(21)12-16-22(5-2)18(23)17(26-16)19-20(3)13-8-6-7-9-14(13)25-19;1-2(3)4/h6-9,12H,4-5,10-11H2,1-3H3;1H3,(H,3,4)/q+1;/p-1/b19-17+;. The van der Waals surface area contributed by atoms with Crippen LogP contribution in [0.1, 0.15) is 20.8 Å². The van der Waals surface area contributed by atoms with E-state index in [4.69, 9.17) is 9.90 Å². The highest BCUT2D eigenvalue weighted by Crippen LogP contribution is 2.44. The Morgan fingerprint density at radius 1 is 1.30 bits per heavy atom. The molecule has 0 radical (unpaired) electrons. The Kier molecular flexibility index (Phi) is 7.49. The van der Waals surface area contributed by atoms with Crippen molar-refractivity contribution in [1.29, 1.82) is 0 Å². The van der Waals surface area contributed by atoms with Crippen molar-refractivity contribution >= 4 is 62.7 Å². The zero-order valence-corrected chi connectivity index (χ0v) is 20.0. The molecule has 0 atom stereocenters. The first-order valence-corrected chi connectivity index (χ1v) is 12.4. The number of nitrogens with zero attached hydrogens (tertiary/aromatic N) is 3. The molecule has 3 heterocycles. The molecule has 0 N–H and O–H groups in total. The Labute approximate surface area is 188 Å². The van der Waals surface area contributed by atoms with Crippen molar-refractivity contribution in [2.75, 3.05) is 30.8 Å². The summed E-state index contributed by atoms with van der Waals surface area (Å²) >= 11 is 5.19. The minimum atomic E-state index is -1.08. The van der Waals surface area contributed by atoms with Crippen LogP contribution in [0.5, 0.6) is 0 Å². The largest absolute Gasteiger partial charge is 0.550 e. The van der Waals surface area contributed by atoms with Gasteiger partial charge in [-0.25, -0.2) is 4.58 Å². The molecule has 0 bridgehead atoms. The van der Waals surface area contributed by atoms with Crippen LogP contribution >= 0.6 is 34.9 Å². The number of para-hydroxylation sites is 1. The molecule has 0 saturated heterocycles. The molecule has 30 heavy (non-hydrogen) atoms. The molecule has 0 amide bonds. The zero-order chi connectivity index (χ0) is 21.8. The average molecular weight is 464 g/mol. The summed E-state index contributed by atoms with van der Waals surface area (Å²) in [5.41, 5.74) is 1.30. The lowest BCUT2D eigenvalue weighted by Crippen LogP contribution is -2.33. The SMILES string of the molecule is CC(=O)[O-].CCn1c(=O)/c(=C2\Sc3ccccc3N2C)s/c1=C/C1=[N+](CC)CCS1. The second kappa shape index (κ2) is 9.89. The Morgan fingerprint density at radius 2 is 2.00 bits per heavy atom. The van der Waals surface area contributed by atoms with E-state index in [2.05, 4.69) is 34.6 Å². The Bertz CT molecular complexity index is 1160. The Balaban J connectivity index is 0.000000589. The van der Waals surface area contributed by atoms with Crippen LogP contribution in [0, 0.1) is 0 Å². The Hall–Kier alpha value is -1.97. The van der Waals surface area contributed by atoms with Gasteiger partial charge in [0.25, 0.3) is 5.56 Å². The molecule has 0 aliphatic carbocycles. The zero-order valence-electron chi connectivity index (χ0n) is 17.5. The maximum Gasteiger partial charge on any atom is 0.271 e. The number of rotatable bonds is 3. The van der Waals surface area contributed by atoms with Gasteiger partial charge in [-0.2, -0.15) is 0 Å². The van der Waals surface area contributed by atoms with Gasteiger partial charge in [0.1, 0.15) is 20.8 Å². The third-order valence-corrected chi connectivity index (χ3v) is 8.26. The highest BCUT2D eigenvalue weighted by Gasteiger charge is 2.25. The van der Waals surface area contributed by atoms with E-state index in [0.717, 1.165) is 40.0 Å². The first-order chi connectivity index (χ1) is 14.4. The second-order valence-corrected chi connectivity index (χ2v) is 9.83. The molecule has 9 heteroatoms. The third kappa shape index (κ3) is 4.68. The fraction of sp³-hybridized carbons (Fsp3) is 0.381. The molecule has 1 aromatic heterocycles. The number of aromatic nitrogens is 1. The smallest absolute Gasteiger partial charge is 0.271 e. The van der Waals surface area contributed by atoms with Crippen molar-refractivity contribution in [3.8, 4) is 0 Å². The maximum atomic E-state index is 13.1. The van der Waals surface area contributed by atoms with Gasteiger partial charge in [-0.3, -0.25) is 9.36 Å². The molecule has 2 aliphatic rings. The summed E-state index contributed by atoms with van der Waals surface area (Å²) in [6.07, 6.45) is 2.20. The fourth-order valence-electron chi connectivity index (χ4n) is 3.28. The predicted molar refractivity (Wildman–Crippen MR) is 126 cm³/mol. The van der Waals surface area contributed by atoms with Gasteiger partial charge < -0.3 is 14.8 Å². The van der Waals surface area contributed by atoms with Gasteiger partial charge >= 0.3 is 0 Å². The van der Waals surface area contributed by atoms with Crippen molar-refractivity contribution in [3.05, 3.63) is 43.8 Å². The van der Waals surface area contributed by atoms with Gasteiger partial charge in [0.2, 0.25) is 5.04 Å². The summed E-state index contributed by atoms with van der Waals surface area (Å²) in [5, 5.41) is 11.2. The van der Waals surface area contributed by atoms with Gasteiger partial charge in [0.05, 0.1) is 17.5 Å². The van der Waals surface area contributed by atoms with E-state index in [1.165, 1.54) is 15.6 Å². The molecule has 2 aliphatic heterocycles. The van der Waals surface area contributed by atoms with E-state index >= 15 is 0 Å². The molecule has 0 fully saturated rings. The van der Waals surface area contributed by atoms with E-state index in [9.17, 15) is 4.79 Å². The number of benzene rings is 1. The van der Waals surface area contributed by atoms with Crippen molar-refractivity contribution in [1.82, 2.24) is 4.57 Å². The molecule has 6 nitrogen and oxygen atoms in total. The molecular formula is C21H25N3O3S3. The van der Waals surface area contributed by atoms with Gasteiger partial charge in [0, 0.05) is 24.5 Å². The number of hydrogen-bond acceptors (Lipinski definition) is 7. The van der Waals surface area contributed by atoms with Crippen molar-refractivity contribution < 1.29 is 14.5 Å². The summed E-state index contributed by atoms with van der Waals surface area (Å²) in [5.74, 6) is 0.0412. The van der Waals surface area contributed by atoms with E-state index in [1.807, 2.05) is 42.4 Å². The number of carbonyl (C=O) groups is 1. The highest BCUT2D eigenvalue weighted by atomic mass is 32.2. The van der Waals surface area contributed by atoms with Crippen LogP contribution in [0.3, 0.4) is 0 Å². The van der Waals surface area contributed by atoms with Crippen LogP contribution in [-0.4, -0.2) is 46.0 Å². The number of carboxylic acids is 1. The quantitative estimate of drug-likeness (QED) is 0.632. The van der Waals surface area contributed by atoms with Gasteiger partial charge in [-0.15, -0.1) is 11.3 Å². The summed E-state index contributed by atoms with van der Waals surface area (Å²) < 4.78 is 6.18. The second-order valence-electron chi connectivity index (χ2n) is 6.66. The van der Waals surface area contributed by atoms with E-state index < -0.39 is 5.97 Å². The molecule has 1 aromatic carbocycles. The van der Waals surface area contributed by atoms with E-state index in [1.54, 1.807) is 23.1 Å². The molecule has 0 unspecified atom stereocenters. The predicted octanol–water partition coefficient (Wildman–Crippen LogP) is 0.952. The summed E-state index contributed by atoms with van der Waals surface area (Å²) in [6.45, 7) is 8.00. The summed E-state index contributed by atoms with van der Waals surface area (Å²) in [6, 6.07) is 8.32. The topological polar surface area (TPSA) is 68.4 Å². The van der Waals surface area contributed by atoms with Crippen molar-refractivity contribution in [2.45, 2.75) is 32.2 Å². The van der Waals surface area contributed by atoms with Crippen LogP contribution in [-0.2, 0) is 11.3 Å². The van der Waals surface area contributed by atoms with Gasteiger partial charge in [-0.05, 0) is 32.9 Å². The molecule has 2 aromatic rings. The maximum absolute atomic E-state index is 13.1. The molecule has 0 spiro atoms. The average Bonchev–Trinajstić information content (AvgIpc) is 3.38. The molecular weight excluding hydrogens is 438 g/mol. The van der Waals surface area contributed by atoms with Crippen LogP contribution in [0.15, 0.2) is 34.0 Å². The van der Waals surface area contributed by atoms with Crippen LogP contribution in [0.4, 0.5) is 5.69 Å². The highest BCUT2D eigenvalue weighted by molar-refractivity contribution is 8.14. The first kappa shape index (κ1) is 22.7. The minimum Gasteiger partial charge on any atom is -0.550 e. The van der Waals surface area contributed by atoms with Crippen molar-refractivity contribution in [3.63, 3.8) is 0 Å². The fourth-order valence-corrected chi connectivity index (χ4v) is 6.93. The first-order valence-electron chi connectivity index (χ1n) is 9.75. The minimum absolute atomic E-state index is 0.123. The van der Waals surface area contributed by atoms with Crippen LogP contribution < -0.4 is 24.8 Å². The van der Waals surface area contributed by atoms with Crippen LogP contribution in [0.2, 0.25) is 0 Å². The van der Waals surface area contributed by atoms with E-state index in [-0.39, 0.29) is 5.56 Å². The number of thiazole rings is 1. The third-order valence-electron chi connectivity index (χ3n) is 4.71. The van der Waals surface area contributed by atoms with Crippen LogP contribution in [0.25, 0.3) is 11.1 Å². The van der Waals surface area contributed by atoms with Crippen molar-refractivity contribution in [2.24, 2.45) is 0 Å².